The summed E-state index contributed by atoms with van der Waals surface area (Å²) in [6.45, 7) is 16.3. The smallest absolute Gasteiger partial charge is 0.0211 e. The van der Waals surface area contributed by atoms with E-state index >= 15 is 0 Å². The van der Waals surface area contributed by atoms with Crippen LogP contribution in [0.4, 0.5) is 0 Å². The van der Waals surface area contributed by atoms with E-state index in [4.69, 9.17) is 0 Å². The fourth-order valence-electron chi connectivity index (χ4n) is 7.39. The van der Waals surface area contributed by atoms with Gasteiger partial charge in [0.1, 0.15) is 0 Å². The summed E-state index contributed by atoms with van der Waals surface area (Å²) < 4.78 is 0. The van der Waals surface area contributed by atoms with E-state index in [1.54, 1.807) is 0 Å². The van der Waals surface area contributed by atoms with E-state index in [0.717, 1.165) is 6.42 Å². The van der Waals surface area contributed by atoms with E-state index in [0.29, 0.717) is 0 Å². The first-order valence-corrected chi connectivity index (χ1v) is 16.9. The monoisotopic (exact) mass is 578 g/mol. The van der Waals surface area contributed by atoms with E-state index < -0.39 is 0 Å². The molecule has 0 spiro atoms. The van der Waals surface area contributed by atoms with Crippen LogP contribution in [0.2, 0.25) is 0 Å². The third kappa shape index (κ3) is 5.89. The number of fused-ring (bicyclic) bond motifs is 3. The zero-order chi connectivity index (χ0) is 31.1. The Bertz CT molecular complexity index is 1630. The minimum Gasteiger partial charge on any atom is -0.0769 e. The molecule has 0 saturated heterocycles. The van der Waals surface area contributed by atoms with Crippen molar-refractivity contribution in [2.24, 2.45) is 0 Å². The summed E-state index contributed by atoms with van der Waals surface area (Å²) in [5.74, 6) is 0.426. The first-order valence-electron chi connectivity index (χ1n) is 16.9. The van der Waals surface area contributed by atoms with Gasteiger partial charge in [0.2, 0.25) is 0 Å². The molecule has 2 aliphatic carbocycles. The van der Waals surface area contributed by atoms with Gasteiger partial charge in [0, 0.05) is 11.8 Å². The van der Waals surface area contributed by atoms with Gasteiger partial charge in [-0.3, -0.25) is 0 Å². The van der Waals surface area contributed by atoms with Crippen molar-refractivity contribution in [1.29, 1.82) is 0 Å². The largest absolute Gasteiger partial charge is 0.0769 e. The summed E-state index contributed by atoms with van der Waals surface area (Å²) in [5.41, 5.74) is 16.0. The molecule has 0 nitrogen and oxygen atoms in total. The molecule has 0 bridgehead atoms. The van der Waals surface area contributed by atoms with Gasteiger partial charge < -0.3 is 0 Å². The summed E-state index contributed by atoms with van der Waals surface area (Å²) >= 11 is 0. The molecule has 1 unspecified atom stereocenters. The Kier molecular flexibility index (Phi) is 8.31. The first kappa shape index (κ1) is 30.4. The van der Waals surface area contributed by atoms with Crippen molar-refractivity contribution in [1.82, 2.24) is 0 Å². The topological polar surface area (TPSA) is 0 Å². The van der Waals surface area contributed by atoms with Crippen molar-refractivity contribution in [3.05, 3.63) is 148 Å². The molecule has 0 saturated carbocycles. The Labute approximate surface area is 267 Å². The average Bonchev–Trinajstić information content (AvgIpc) is 3.60. The van der Waals surface area contributed by atoms with E-state index in [-0.39, 0.29) is 22.7 Å². The molecule has 0 aliphatic heterocycles. The van der Waals surface area contributed by atoms with Crippen LogP contribution in [-0.2, 0) is 10.8 Å². The lowest BCUT2D eigenvalue weighted by molar-refractivity contribution is 0.586. The molecule has 0 aromatic heterocycles. The van der Waals surface area contributed by atoms with Crippen LogP contribution in [-0.4, -0.2) is 0 Å². The van der Waals surface area contributed by atoms with Crippen molar-refractivity contribution in [2.75, 3.05) is 0 Å². The SMILES string of the molecule is CCCCCC1=CCC(c2ccccc2C(c2ccccc2)C2c3cc(C(C)(C)C)ccc3-c3ccc(C(C)(C)C)cc32)=C1. The Balaban J connectivity index is 1.57. The molecule has 0 fully saturated rings. The average molecular weight is 579 g/mol. The maximum absolute atomic E-state index is 2.54. The summed E-state index contributed by atoms with van der Waals surface area (Å²) in [6, 6.07) is 35.2. The van der Waals surface area contributed by atoms with Crippen LogP contribution < -0.4 is 0 Å². The highest BCUT2D eigenvalue weighted by atomic mass is 14.4. The highest BCUT2D eigenvalue weighted by Gasteiger charge is 2.38. The lowest BCUT2D eigenvalue weighted by Crippen LogP contribution is -2.17. The lowest BCUT2D eigenvalue weighted by Gasteiger charge is -2.31. The van der Waals surface area contributed by atoms with Gasteiger partial charge in [-0.25, -0.2) is 0 Å². The van der Waals surface area contributed by atoms with Gasteiger partial charge >= 0.3 is 0 Å². The number of benzene rings is 4. The predicted molar refractivity (Wildman–Crippen MR) is 191 cm³/mol. The standard InChI is InChI=1S/C44H50/c1-8-9-11-16-30-21-22-32(27-30)35-19-14-15-20-38(35)41(31-17-12-10-13-18-31)42-39-28-33(43(2,3)4)23-25-36(39)37-26-24-34(29-40(37)42)44(5,6)7/h10,12-15,17-21,23-29,41-42H,8-9,11,16,22H2,1-7H3. The molecule has 2 aliphatic rings. The number of unbranched alkanes of at least 4 members (excludes halogenated alkanes) is 2. The summed E-state index contributed by atoms with van der Waals surface area (Å²) in [4.78, 5) is 0. The molecule has 0 heteroatoms. The fraction of sp³-hybridized carbons (Fsp3) is 0.364. The molecule has 0 N–H and O–H groups in total. The maximum Gasteiger partial charge on any atom is 0.0211 e. The van der Waals surface area contributed by atoms with Crippen molar-refractivity contribution in [3.63, 3.8) is 0 Å². The lowest BCUT2D eigenvalue weighted by atomic mass is 9.72. The van der Waals surface area contributed by atoms with Gasteiger partial charge in [-0.2, -0.15) is 0 Å². The molecule has 4 aromatic rings. The highest BCUT2D eigenvalue weighted by molar-refractivity contribution is 5.82. The Hall–Kier alpha value is -3.64. The minimum absolute atomic E-state index is 0.0829. The molecule has 4 aromatic carbocycles. The number of hydrogen-bond acceptors (Lipinski definition) is 0. The molecule has 6 rings (SSSR count). The molecule has 1 atom stereocenters. The van der Waals surface area contributed by atoms with E-state index in [1.807, 2.05) is 0 Å². The Morgan fingerprint density at radius 3 is 1.84 bits per heavy atom. The van der Waals surface area contributed by atoms with Gasteiger partial charge in [0.15, 0.2) is 0 Å². The van der Waals surface area contributed by atoms with E-state index in [9.17, 15) is 0 Å². The van der Waals surface area contributed by atoms with Gasteiger partial charge in [0.25, 0.3) is 0 Å². The third-order valence-corrected chi connectivity index (χ3v) is 9.94. The van der Waals surface area contributed by atoms with Crippen LogP contribution in [0.5, 0.6) is 0 Å². The quantitative estimate of drug-likeness (QED) is 0.182. The highest BCUT2D eigenvalue weighted by Crippen LogP contribution is 2.55. The van der Waals surface area contributed by atoms with Crippen LogP contribution in [0.1, 0.15) is 131 Å². The molecule has 44 heavy (non-hydrogen) atoms. The van der Waals surface area contributed by atoms with Crippen LogP contribution in [0.15, 0.2) is 109 Å². The van der Waals surface area contributed by atoms with Gasteiger partial charge in [-0.05, 0) is 85.7 Å². The zero-order valence-corrected chi connectivity index (χ0v) is 28.0. The second kappa shape index (κ2) is 12.0. The fourth-order valence-corrected chi connectivity index (χ4v) is 7.39. The zero-order valence-electron chi connectivity index (χ0n) is 28.0. The summed E-state index contributed by atoms with van der Waals surface area (Å²) in [6.07, 6.45) is 11.1. The maximum atomic E-state index is 2.54. The second-order valence-electron chi connectivity index (χ2n) is 15.2. The third-order valence-electron chi connectivity index (χ3n) is 9.94. The normalized spacial score (nSPS) is 15.5. The van der Waals surface area contributed by atoms with Gasteiger partial charge in [-0.1, -0.05) is 170 Å². The molecule has 0 amide bonds. The first-order chi connectivity index (χ1) is 21.1. The van der Waals surface area contributed by atoms with Crippen molar-refractivity contribution >= 4 is 5.57 Å². The van der Waals surface area contributed by atoms with Crippen LogP contribution in [0.25, 0.3) is 16.7 Å². The Morgan fingerprint density at radius 2 is 1.25 bits per heavy atom. The predicted octanol–water partition coefficient (Wildman–Crippen LogP) is 12.5. The number of allylic oxidation sites excluding steroid dienone is 4. The minimum atomic E-state index is 0.0829. The van der Waals surface area contributed by atoms with Crippen molar-refractivity contribution < 1.29 is 0 Å². The molecule has 0 radical (unpaired) electrons. The summed E-state index contributed by atoms with van der Waals surface area (Å²) in [5, 5.41) is 0. The molecular weight excluding hydrogens is 528 g/mol. The van der Waals surface area contributed by atoms with Crippen LogP contribution in [0, 0.1) is 0 Å². The number of rotatable bonds is 8. The molecule has 0 heterocycles. The second-order valence-corrected chi connectivity index (χ2v) is 15.2. The van der Waals surface area contributed by atoms with Crippen molar-refractivity contribution in [3.8, 4) is 11.1 Å². The van der Waals surface area contributed by atoms with E-state index in [1.165, 1.54) is 86.9 Å². The van der Waals surface area contributed by atoms with Crippen LogP contribution >= 0.6 is 0 Å². The summed E-state index contributed by atoms with van der Waals surface area (Å²) in [7, 11) is 0. The molecule has 226 valence electrons. The van der Waals surface area contributed by atoms with Gasteiger partial charge in [0.05, 0.1) is 0 Å². The van der Waals surface area contributed by atoms with Crippen LogP contribution in [0.3, 0.4) is 0 Å². The van der Waals surface area contributed by atoms with Gasteiger partial charge in [-0.15, -0.1) is 0 Å². The molecular formula is C44H50. The number of hydrogen-bond donors (Lipinski definition) is 0. The Morgan fingerprint density at radius 1 is 0.659 bits per heavy atom. The van der Waals surface area contributed by atoms with Crippen molar-refractivity contribution in [2.45, 2.75) is 103 Å². The van der Waals surface area contributed by atoms with E-state index in [2.05, 4.69) is 152 Å².